The Morgan fingerprint density at radius 1 is 1.36 bits per heavy atom. The molecule has 3 N–H and O–H groups in total. The number of rotatable bonds is 1. The van der Waals surface area contributed by atoms with Crippen LogP contribution in [0, 0.1) is 5.92 Å². The third-order valence-electron chi connectivity index (χ3n) is 3.34. The van der Waals surface area contributed by atoms with Crippen molar-refractivity contribution in [3.8, 4) is 0 Å². The van der Waals surface area contributed by atoms with Crippen LogP contribution in [0.2, 0.25) is 0 Å². The van der Waals surface area contributed by atoms with Gasteiger partial charge in [-0.2, -0.15) is 0 Å². The maximum absolute atomic E-state index is 11.6. The summed E-state index contributed by atoms with van der Waals surface area (Å²) in [6, 6.07) is 0. The fraction of sp³-hybridized carbons (Fsp3) is 0.900. The van der Waals surface area contributed by atoms with Gasteiger partial charge in [0.1, 0.15) is 6.61 Å². The monoisotopic (exact) mass is 198 g/mol. The molecule has 1 saturated heterocycles. The highest BCUT2D eigenvalue weighted by atomic mass is 16.5. The predicted molar refractivity (Wildman–Crippen MR) is 52.5 cm³/mol. The summed E-state index contributed by atoms with van der Waals surface area (Å²) in [6.45, 7) is 1.13. The minimum absolute atomic E-state index is 0.254. The standard InChI is InChI=1S/C10H18N2O2/c11-10(8-4-2-1-3-5-8)9(13)14-7-6-12-10/h8,12H,1-7,11H2. The number of carbonyl (C=O) groups is 1. The lowest BCUT2D eigenvalue weighted by Gasteiger charge is -2.40. The number of hydrogen-bond donors (Lipinski definition) is 2. The van der Waals surface area contributed by atoms with Crippen molar-refractivity contribution in [1.82, 2.24) is 5.32 Å². The molecule has 1 saturated carbocycles. The summed E-state index contributed by atoms with van der Waals surface area (Å²) in [4.78, 5) is 11.6. The number of ether oxygens (including phenoxy) is 1. The first-order chi connectivity index (χ1) is 6.73. The van der Waals surface area contributed by atoms with Gasteiger partial charge in [-0.05, 0) is 12.8 Å². The van der Waals surface area contributed by atoms with Crippen molar-refractivity contribution in [1.29, 1.82) is 0 Å². The minimum atomic E-state index is -0.904. The first-order valence-corrected chi connectivity index (χ1v) is 5.44. The van der Waals surface area contributed by atoms with Gasteiger partial charge in [0.05, 0.1) is 0 Å². The lowest BCUT2D eigenvalue weighted by molar-refractivity contribution is -0.160. The van der Waals surface area contributed by atoms with Crippen molar-refractivity contribution in [2.24, 2.45) is 11.7 Å². The van der Waals surface area contributed by atoms with Crippen LogP contribution in [0.15, 0.2) is 0 Å². The van der Waals surface area contributed by atoms with Gasteiger partial charge in [-0.1, -0.05) is 19.3 Å². The zero-order chi connectivity index (χ0) is 10.0. The van der Waals surface area contributed by atoms with Gasteiger partial charge in [0, 0.05) is 12.5 Å². The Labute approximate surface area is 84.2 Å². The van der Waals surface area contributed by atoms with E-state index < -0.39 is 5.66 Å². The molecule has 0 bridgehead atoms. The van der Waals surface area contributed by atoms with Gasteiger partial charge >= 0.3 is 5.97 Å². The van der Waals surface area contributed by atoms with Crippen LogP contribution < -0.4 is 11.1 Å². The lowest BCUT2D eigenvalue weighted by Crippen LogP contribution is -2.68. The zero-order valence-electron chi connectivity index (χ0n) is 8.42. The molecule has 1 heterocycles. The Morgan fingerprint density at radius 2 is 2.07 bits per heavy atom. The fourth-order valence-corrected chi connectivity index (χ4v) is 2.46. The van der Waals surface area contributed by atoms with E-state index in [0.29, 0.717) is 13.2 Å². The SMILES string of the molecule is NC1(C2CCCCC2)NCCOC1=O. The smallest absolute Gasteiger partial charge is 0.341 e. The summed E-state index contributed by atoms with van der Waals surface area (Å²) in [7, 11) is 0. The highest BCUT2D eigenvalue weighted by molar-refractivity contribution is 5.81. The van der Waals surface area contributed by atoms with Gasteiger partial charge in [-0.25, -0.2) is 4.79 Å². The van der Waals surface area contributed by atoms with Crippen LogP contribution in [-0.4, -0.2) is 24.8 Å². The Kier molecular flexibility index (Phi) is 2.74. The molecule has 0 aromatic rings. The number of morpholine rings is 1. The van der Waals surface area contributed by atoms with Crippen molar-refractivity contribution in [2.45, 2.75) is 37.8 Å². The first kappa shape index (κ1) is 9.93. The quantitative estimate of drug-likeness (QED) is 0.597. The van der Waals surface area contributed by atoms with E-state index in [1.807, 2.05) is 0 Å². The van der Waals surface area contributed by atoms with Crippen molar-refractivity contribution in [3.05, 3.63) is 0 Å². The molecule has 1 aliphatic carbocycles. The van der Waals surface area contributed by atoms with E-state index >= 15 is 0 Å². The number of hydrogen-bond acceptors (Lipinski definition) is 4. The first-order valence-electron chi connectivity index (χ1n) is 5.44. The summed E-state index contributed by atoms with van der Waals surface area (Å²) in [5, 5.41) is 3.12. The van der Waals surface area contributed by atoms with Gasteiger partial charge in [0.2, 0.25) is 0 Å². The molecule has 0 spiro atoms. The summed E-state index contributed by atoms with van der Waals surface area (Å²) in [6.07, 6.45) is 5.70. The molecular formula is C10H18N2O2. The Bertz CT molecular complexity index is 226. The molecule has 4 nitrogen and oxygen atoms in total. The summed E-state index contributed by atoms with van der Waals surface area (Å²) >= 11 is 0. The van der Waals surface area contributed by atoms with Crippen LogP contribution in [0.1, 0.15) is 32.1 Å². The maximum Gasteiger partial charge on any atom is 0.341 e. The van der Waals surface area contributed by atoms with E-state index in [0.717, 1.165) is 12.8 Å². The molecule has 0 aromatic carbocycles. The van der Waals surface area contributed by atoms with Crippen LogP contribution in [0.5, 0.6) is 0 Å². The number of nitrogens with two attached hydrogens (primary N) is 1. The van der Waals surface area contributed by atoms with Gasteiger partial charge < -0.3 is 10.5 Å². The summed E-state index contributed by atoms with van der Waals surface area (Å²) in [5.41, 5.74) is 5.19. The Morgan fingerprint density at radius 3 is 2.71 bits per heavy atom. The molecule has 0 aromatic heterocycles. The second-order valence-electron chi connectivity index (χ2n) is 4.27. The lowest BCUT2D eigenvalue weighted by atomic mass is 9.79. The van der Waals surface area contributed by atoms with Crippen LogP contribution in [0.25, 0.3) is 0 Å². The second kappa shape index (κ2) is 3.87. The molecule has 2 aliphatic rings. The fourth-order valence-electron chi connectivity index (χ4n) is 2.46. The van der Waals surface area contributed by atoms with Crippen LogP contribution in [-0.2, 0) is 9.53 Å². The summed E-state index contributed by atoms with van der Waals surface area (Å²) in [5.74, 6) is -0.0142. The minimum Gasteiger partial charge on any atom is -0.462 e. The van der Waals surface area contributed by atoms with Gasteiger partial charge in [-0.3, -0.25) is 5.32 Å². The Balaban J connectivity index is 2.07. The van der Waals surface area contributed by atoms with E-state index in [1.54, 1.807) is 0 Å². The van der Waals surface area contributed by atoms with E-state index in [-0.39, 0.29) is 11.9 Å². The molecule has 80 valence electrons. The highest BCUT2D eigenvalue weighted by Gasteiger charge is 2.45. The number of esters is 1. The van der Waals surface area contributed by atoms with E-state index in [1.165, 1.54) is 19.3 Å². The molecule has 14 heavy (non-hydrogen) atoms. The average molecular weight is 198 g/mol. The third kappa shape index (κ3) is 1.64. The second-order valence-corrected chi connectivity index (χ2v) is 4.27. The molecule has 2 fully saturated rings. The van der Waals surface area contributed by atoms with E-state index in [9.17, 15) is 4.79 Å². The van der Waals surface area contributed by atoms with Crippen molar-refractivity contribution in [2.75, 3.05) is 13.2 Å². The molecular weight excluding hydrogens is 180 g/mol. The zero-order valence-corrected chi connectivity index (χ0v) is 8.42. The van der Waals surface area contributed by atoms with Crippen molar-refractivity contribution in [3.63, 3.8) is 0 Å². The van der Waals surface area contributed by atoms with Crippen LogP contribution in [0.4, 0.5) is 0 Å². The number of nitrogens with one attached hydrogen (secondary N) is 1. The molecule has 0 amide bonds. The third-order valence-corrected chi connectivity index (χ3v) is 3.34. The Hall–Kier alpha value is -0.610. The highest BCUT2D eigenvalue weighted by Crippen LogP contribution is 2.31. The van der Waals surface area contributed by atoms with Crippen molar-refractivity contribution < 1.29 is 9.53 Å². The molecule has 4 heteroatoms. The van der Waals surface area contributed by atoms with Gasteiger partial charge in [-0.15, -0.1) is 0 Å². The van der Waals surface area contributed by atoms with Crippen LogP contribution in [0.3, 0.4) is 0 Å². The maximum atomic E-state index is 11.6. The normalized spacial score (nSPS) is 35.4. The molecule has 1 atom stereocenters. The van der Waals surface area contributed by atoms with Crippen molar-refractivity contribution >= 4 is 5.97 Å². The number of carbonyl (C=O) groups excluding carboxylic acids is 1. The largest absolute Gasteiger partial charge is 0.462 e. The van der Waals surface area contributed by atoms with Crippen LogP contribution >= 0.6 is 0 Å². The average Bonchev–Trinajstić information content (AvgIpc) is 2.24. The predicted octanol–water partition coefficient (Wildman–Crippen LogP) is 0.368. The molecule has 1 aliphatic heterocycles. The van der Waals surface area contributed by atoms with E-state index in [4.69, 9.17) is 10.5 Å². The van der Waals surface area contributed by atoms with Gasteiger partial charge in [0.25, 0.3) is 0 Å². The molecule has 2 rings (SSSR count). The molecule has 1 unspecified atom stereocenters. The topological polar surface area (TPSA) is 64.3 Å². The van der Waals surface area contributed by atoms with Gasteiger partial charge in [0.15, 0.2) is 5.66 Å². The molecule has 0 radical (unpaired) electrons. The number of cyclic esters (lactones) is 1. The summed E-state index contributed by atoms with van der Waals surface area (Å²) < 4.78 is 5.02. The van der Waals surface area contributed by atoms with E-state index in [2.05, 4.69) is 5.32 Å².